The van der Waals surface area contributed by atoms with Crippen LogP contribution in [0.1, 0.15) is 26.2 Å². The van der Waals surface area contributed by atoms with Crippen LogP contribution in [0.15, 0.2) is 0 Å². The van der Waals surface area contributed by atoms with Gasteiger partial charge in [-0.3, -0.25) is 0 Å². The number of aliphatic hydroxyl groups excluding tert-OH is 4. The fourth-order valence-electron chi connectivity index (χ4n) is 1.04. The minimum atomic E-state index is -3.96. The summed E-state index contributed by atoms with van der Waals surface area (Å²) in [6.45, 7) is -2.05. The van der Waals surface area contributed by atoms with E-state index in [1.54, 1.807) is 0 Å². The van der Waals surface area contributed by atoms with E-state index in [4.69, 9.17) is 4.52 Å². The standard InChI is InChI=1S/C9H21O6P/c1-2-3-4-9(14)15-16(5-10,6-11,7-12)8-13/h10-13H,2-8H2,1H3. The second-order valence-electron chi connectivity index (χ2n) is 3.99. The summed E-state index contributed by atoms with van der Waals surface area (Å²) in [6.07, 6.45) is -1.28. The topological polar surface area (TPSA) is 107 Å². The van der Waals surface area contributed by atoms with Gasteiger partial charge in [0.2, 0.25) is 0 Å². The van der Waals surface area contributed by atoms with E-state index in [9.17, 15) is 25.2 Å². The average Bonchev–Trinajstić information content (AvgIpc) is 2.34. The molecule has 6 nitrogen and oxygen atoms in total. The normalized spacial score (nSPS) is 14.2. The van der Waals surface area contributed by atoms with Crippen LogP contribution in [0.5, 0.6) is 0 Å². The Balaban J connectivity index is 4.73. The molecule has 4 N–H and O–H groups in total. The number of aliphatic hydroxyl groups is 4. The van der Waals surface area contributed by atoms with Gasteiger partial charge in [0, 0.05) is 0 Å². The van der Waals surface area contributed by atoms with Gasteiger partial charge in [-0.15, -0.1) is 0 Å². The van der Waals surface area contributed by atoms with Crippen molar-refractivity contribution >= 4 is 12.8 Å². The fourth-order valence-corrected chi connectivity index (χ4v) is 2.47. The fraction of sp³-hybridized carbons (Fsp3) is 0.889. The predicted molar refractivity (Wildman–Crippen MR) is 60.9 cm³/mol. The molecule has 0 bridgehead atoms. The molecule has 0 heterocycles. The minimum absolute atomic E-state index is 0.147. The molecule has 16 heavy (non-hydrogen) atoms. The summed E-state index contributed by atoms with van der Waals surface area (Å²) in [5.74, 6) is -0.606. The second-order valence-corrected chi connectivity index (χ2v) is 9.02. The van der Waals surface area contributed by atoms with Gasteiger partial charge in [0.05, 0.1) is 0 Å². The number of hydrogen-bond donors (Lipinski definition) is 4. The van der Waals surface area contributed by atoms with E-state index in [1.807, 2.05) is 6.92 Å². The first-order chi connectivity index (χ1) is 7.51. The van der Waals surface area contributed by atoms with Crippen LogP contribution in [0.4, 0.5) is 0 Å². The molecule has 0 saturated carbocycles. The van der Waals surface area contributed by atoms with Crippen LogP contribution >= 0.6 is 6.83 Å². The van der Waals surface area contributed by atoms with Crippen molar-refractivity contribution in [2.45, 2.75) is 26.2 Å². The Morgan fingerprint density at radius 2 is 1.50 bits per heavy atom. The van der Waals surface area contributed by atoms with Gasteiger partial charge in [0.1, 0.15) is 0 Å². The van der Waals surface area contributed by atoms with Crippen LogP contribution in [-0.4, -0.2) is 51.8 Å². The van der Waals surface area contributed by atoms with Crippen molar-refractivity contribution < 1.29 is 29.7 Å². The van der Waals surface area contributed by atoms with Crippen LogP contribution in [0, 0.1) is 0 Å². The molecule has 0 spiro atoms. The zero-order chi connectivity index (χ0) is 12.7. The second kappa shape index (κ2) is 6.47. The Morgan fingerprint density at radius 3 is 1.81 bits per heavy atom. The number of carbonyl (C=O) groups excluding carboxylic acids is 1. The molecule has 0 unspecified atom stereocenters. The van der Waals surface area contributed by atoms with E-state index in [2.05, 4.69) is 0 Å². The Bertz CT molecular complexity index is 205. The third-order valence-electron chi connectivity index (χ3n) is 2.53. The van der Waals surface area contributed by atoms with Crippen LogP contribution in [0.3, 0.4) is 0 Å². The molecule has 0 aromatic carbocycles. The molecule has 98 valence electrons. The van der Waals surface area contributed by atoms with Gasteiger partial charge in [-0.1, -0.05) is 0 Å². The summed E-state index contributed by atoms with van der Waals surface area (Å²) in [7, 11) is 0. The summed E-state index contributed by atoms with van der Waals surface area (Å²) in [6, 6.07) is 0. The predicted octanol–water partition coefficient (Wildman–Crippen LogP) is -0.0127. The first-order valence-electron chi connectivity index (χ1n) is 5.18. The van der Waals surface area contributed by atoms with E-state index in [0.717, 1.165) is 6.42 Å². The molecule has 0 fully saturated rings. The van der Waals surface area contributed by atoms with Gasteiger partial charge in [0.15, 0.2) is 0 Å². The van der Waals surface area contributed by atoms with Gasteiger partial charge < -0.3 is 0 Å². The number of unbranched alkanes of at least 4 members (excludes halogenated alkanes) is 1. The van der Waals surface area contributed by atoms with E-state index in [-0.39, 0.29) is 6.42 Å². The number of rotatable bonds is 8. The van der Waals surface area contributed by atoms with Crippen molar-refractivity contribution in [2.24, 2.45) is 0 Å². The van der Waals surface area contributed by atoms with Gasteiger partial charge in [-0.05, 0) is 0 Å². The molecule has 0 aliphatic rings. The van der Waals surface area contributed by atoms with Gasteiger partial charge in [-0.2, -0.15) is 0 Å². The van der Waals surface area contributed by atoms with Crippen LogP contribution in [-0.2, 0) is 9.32 Å². The molecule has 0 rings (SSSR count). The van der Waals surface area contributed by atoms with Gasteiger partial charge >= 0.3 is 94.1 Å². The van der Waals surface area contributed by atoms with E-state index in [0.29, 0.717) is 6.42 Å². The van der Waals surface area contributed by atoms with Crippen LogP contribution in [0.25, 0.3) is 0 Å². The molecule has 0 aliphatic carbocycles. The maximum atomic E-state index is 11.4. The molecule has 0 aromatic rings. The zero-order valence-electron chi connectivity index (χ0n) is 9.50. The summed E-state index contributed by atoms with van der Waals surface area (Å²) in [5.41, 5.74) is 0. The summed E-state index contributed by atoms with van der Waals surface area (Å²) in [5, 5.41) is 36.8. The summed E-state index contributed by atoms with van der Waals surface area (Å²) >= 11 is 0. The number of hydrogen-bond acceptors (Lipinski definition) is 6. The molecular formula is C9H21O6P. The van der Waals surface area contributed by atoms with E-state index < -0.39 is 38.2 Å². The molecule has 0 amide bonds. The third kappa shape index (κ3) is 3.37. The van der Waals surface area contributed by atoms with Crippen molar-refractivity contribution in [1.29, 1.82) is 0 Å². The maximum absolute atomic E-state index is 11.4. The van der Waals surface area contributed by atoms with E-state index >= 15 is 0 Å². The van der Waals surface area contributed by atoms with Gasteiger partial charge in [0.25, 0.3) is 0 Å². The average molecular weight is 256 g/mol. The van der Waals surface area contributed by atoms with Crippen molar-refractivity contribution in [1.82, 2.24) is 0 Å². The molecule has 0 radical (unpaired) electrons. The van der Waals surface area contributed by atoms with Crippen molar-refractivity contribution in [3.63, 3.8) is 0 Å². The SMILES string of the molecule is CCCCC(=O)OP(CO)(CO)(CO)CO. The van der Waals surface area contributed by atoms with Gasteiger partial charge in [-0.25, -0.2) is 0 Å². The Labute approximate surface area is 94.9 Å². The molecule has 7 heteroatoms. The Hall–Kier alpha value is -0.260. The number of carbonyl (C=O) groups is 1. The van der Waals surface area contributed by atoms with Crippen LogP contribution < -0.4 is 0 Å². The first kappa shape index (κ1) is 15.7. The molecule has 0 saturated heterocycles. The van der Waals surface area contributed by atoms with Crippen molar-refractivity contribution in [3.05, 3.63) is 0 Å². The quantitative estimate of drug-likeness (QED) is 0.455. The molecule has 0 aliphatic heterocycles. The Kier molecular flexibility index (Phi) is 6.36. The molecule has 0 atom stereocenters. The van der Waals surface area contributed by atoms with E-state index in [1.165, 1.54) is 0 Å². The van der Waals surface area contributed by atoms with Crippen molar-refractivity contribution in [2.75, 3.05) is 25.4 Å². The van der Waals surface area contributed by atoms with Crippen molar-refractivity contribution in [3.8, 4) is 0 Å². The monoisotopic (exact) mass is 256 g/mol. The molecular weight excluding hydrogens is 235 g/mol. The first-order valence-corrected chi connectivity index (χ1v) is 8.08. The van der Waals surface area contributed by atoms with Crippen LogP contribution in [0.2, 0.25) is 0 Å². The Morgan fingerprint density at radius 1 is 1.06 bits per heavy atom. The zero-order valence-corrected chi connectivity index (χ0v) is 10.4. The summed E-state index contributed by atoms with van der Waals surface area (Å²) in [4.78, 5) is 11.4. The summed E-state index contributed by atoms with van der Waals surface area (Å²) < 4.78 is 5.02. The third-order valence-corrected chi connectivity index (χ3v) is 6.11. The molecule has 0 aromatic heterocycles.